The van der Waals surface area contributed by atoms with E-state index in [1.807, 2.05) is 48.7 Å². The maximum absolute atomic E-state index is 12.5. The van der Waals surface area contributed by atoms with Gasteiger partial charge >= 0.3 is 0 Å². The molecule has 21 heavy (non-hydrogen) atoms. The normalized spacial score (nSPS) is 11.0. The van der Waals surface area contributed by atoms with Crippen LogP contribution in [0.1, 0.15) is 35.7 Å². The molecular formula is C18H18N2O. The molecule has 2 aromatic carbocycles. The highest BCUT2D eigenvalue weighted by Crippen LogP contribution is 2.21. The number of aromatic nitrogens is 1. The highest BCUT2D eigenvalue weighted by Gasteiger charge is 2.11. The van der Waals surface area contributed by atoms with Gasteiger partial charge in [-0.15, -0.1) is 0 Å². The highest BCUT2D eigenvalue weighted by atomic mass is 16.1. The van der Waals surface area contributed by atoms with Crippen molar-refractivity contribution in [3.05, 3.63) is 65.9 Å². The van der Waals surface area contributed by atoms with Crippen LogP contribution in [0.4, 0.5) is 5.69 Å². The van der Waals surface area contributed by atoms with Gasteiger partial charge in [0.05, 0.1) is 0 Å². The number of hydrogen-bond acceptors (Lipinski definition) is 1. The van der Waals surface area contributed by atoms with Gasteiger partial charge < -0.3 is 10.3 Å². The summed E-state index contributed by atoms with van der Waals surface area (Å²) >= 11 is 0. The second-order valence-corrected chi connectivity index (χ2v) is 5.48. The Morgan fingerprint density at radius 3 is 2.71 bits per heavy atom. The lowest BCUT2D eigenvalue weighted by atomic mass is 10.0. The molecule has 0 aliphatic carbocycles. The predicted molar refractivity (Wildman–Crippen MR) is 86.8 cm³/mol. The van der Waals surface area contributed by atoms with Crippen molar-refractivity contribution < 1.29 is 4.79 Å². The van der Waals surface area contributed by atoms with Crippen molar-refractivity contribution in [2.24, 2.45) is 0 Å². The molecule has 0 saturated carbocycles. The molecule has 3 nitrogen and oxygen atoms in total. The number of nitrogens with one attached hydrogen (secondary N) is 2. The molecule has 0 atom stereocenters. The first-order valence-electron chi connectivity index (χ1n) is 7.12. The number of amides is 1. The van der Waals surface area contributed by atoms with E-state index >= 15 is 0 Å². The molecule has 1 aromatic heterocycles. The van der Waals surface area contributed by atoms with Gasteiger partial charge in [-0.1, -0.05) is 32.0 Å². The lowest BCUT2D eigenvalue weighted by molar-refractivity contribution is 0.102. The van der Waals surface area contributed by atoms with Crippen LogP contribution in [-0.2, 0) is 0 Å². The molecule has 3 rings (SSSR count). The number of benzene rings is 2. The monoisotopic (exact) mass is 278 g/mol. The number of carbonyl (C=O) groups is 1. The molecular weight excluding hydrogens is 260 g/mol. The molecule has 0 fully saturated rings. The average molecular weight is 278 g/mol. The fourth-order valence-corrected chi connectivity index (χ4v) is 2.46. The van der Waals surface area contributed by atoms with Crippen LogP contribution in [0.3, 0.4) is 0 Å². The van der Waals surface area contributed by atoms with Crippen LogP contribution in [0, 0.1) is 0 Å². The summed E-state index contributed by atoms with van der Waals surface area (Å²) in [6, 6.07) is 15.6. The van der Waals surface area contributed by atoms with Crippen LogP contribution in [0.25, 0.3) is 10.9 Å². The Labute approximate surface area is 124 Å². The summed E-state index contributed by atoms with van der Waals surface area (Å²) in [6.07, 6.45) is 1.85. The van der Waals surface area contributed by atoms with Gasteiger partial charge in [0, 0.05) is 28.4 Å². The van der Waals surface area contributed by atoms with Crippen molar-refractivity contribution in [2.75, 3.05) is 5.32 Å². The van der Waals surface area contributed by atoms with Gasteiger partial charge in [-0.2, -0.15) is 0 Å². The first-order valence-corrected chi connectivity index (χ1v) is 7.12. The SMILES string of the molecule is CC(C)c1cccc(NC(=O)c2cccc3[nH]ccc23)c1. The second kappa shape index (κ2) is 5.44. The zero-order valence-electron chi connectivity index (χ0n) is 12.2. The minimum atomic E-state index is -0.0823. The Bertz CT molecular complexity index is 787. The van der Waals surface area contributed by atoms with E-state index in [0.717, 1.165) is 16.6 Å². The van der Waals surface area contributed by atoms with Gasteiger partial charge in [0.2, 0.25) is 0 Å². The highest BCUT2D eigenvalue weighted by molar-refractivity contribution is 6.12. The molecule has 0 unspecified atom stereocenters. The third-order valence-electron chi connectivity index (χ3n) is 3.65. The number of rotatable bonds is 3. The Hall–Kier alpha value is -2.55. The summed E-state index contributed by atoms with van der Waals surface area (Å²) < 4.78 is 0. The Balaban J connectivity index is 1.90. The molecule has 1 heterocycles. The number of aromatic amines is 1. The van der Waals surface area contributed by atoms with E-state index in [0.29, 0.717) is 11.5 Å². The molecule has 0 radical (unpaired) electrons. The average Bonchev–Trinajstić information content (AvgIpc) is 2.95. The molecule has 106 valence electrons. The summed E-state index contributed by atoms with van der Waals surface area (Å²) in [4.78, 5) is 15.6. The standard InChI is InChI=1S/C18H18N2O/c1-12(2)13-5-3-6-14(11-13)20-18(21)16-7-4-8-17-15(16)9-10-19-17/h3-12,19H,1-2H3,(H,20,21). The molecule has 0 spiro atoms. The van der Waals surface area contributed by atoms with Crippen molar-refractivity contribution in [1.29, 1.82) is 0 Å². The Morgan fingerprint density at radius 2 is 1.90 bits per heavy atom. The molecule has 3 heteroatoms. The fourth-order valence-electron chi connectivity index (χ4n) is 2.46. The lowest BCUT2D eigenvalue weighted by Crippen LogP contribution is -2.12. The van der Waals surface area contributed by atoms with Crippen LogP contribution in [0.5, 0.6) is 0 Å². The van der Waals surface area contributed by atoms with Gasteiger partial charge in [0.25, 0.3) is 5.91 Å². The number of anilines is 1. The predicted octanol–water partition coefficient (Wildman–Crippen LogP) is 4.54. The zero-order chi connectivity index (χ0) is 14.8. The topological polar surface area (TPSA) is 44.9 Å². The van der Waals surface area contributed by atoms with Gasteiger partial charge in [-0.3, -0.25) is 4.79 Å². The number of H-pyrrole nitrogens is 1. The van der Waals surface area contributed by atoms with Crippen molar-refractivity contribution >= 4 is 22.5 Å². The minimum absolute atomic E-state index is 0.0823. The van der Waals surface area contributed by atoms with Crippen molar-refractivity contribution in [3.8, 4) is 0 Å². The second-order valence-electron chi connectivity index (χ2n) is 5.48. The van der Waals surface area contributed by atoms with Crippen LogP contribution in [-0.4, -0.2) is 10.9 Å². The molecule has 0 saturated heterocycles. The molecule has 2 N–H and O–H groups in total. The molecule has 1 amide bonds. The number of carbonyl (C=O) groups excluding carboxylic acids is 1. The molecule has 0 bridgehead atoms. The van der Waals surface area contributed by atoms with Crippen LogP contribution in [0.2, 0.25) is 0 Å². The van der Waals surface area contributed by atoms with Crippen LogP contribution >= 0.6 is 0 Å². The summed E-state index contributed by atoms with van der Waals surface area (Å²) in [7, 11) is 0. The van der Waals surface area contributed by atoms with Gasteiger partial charge in [0.15, 0.2) is 0 Å². The van der Waals surface area contributed by atoms with E-state index in [1.165, 1.54) is 5.56 Å². The van der Waals surface area contributed by atoms with E-state index in [9.17, 15) is 4.79 Å². The lowest BCUT2D eigenvalue weighted by Gasteiger charge is -2.10. The Kier molecular flexibility index (Phi) is 3.48. The van der Waals surface area contributed by atoms with Crippen molar-refractivity contribution in [3.63, 3.8) is 0 Å². The third-order valence-corrected chi connectivity index (χ3v) is 3.65. The van der Waals surface area contributed by atoms with Crippen molar-refractivity contribution in [2.45, 2.75) is 19.8 Å². The van der Waals surface area contributed by atoms with E-state index < -0.39 is 0 Å². The number of hydrogen-bond donors (Lipinski definition) is 2. The summed E-state index contributed by atoms with van der Waals surface area (Å²) in [5.41, 5.74) is 3.70. The molecule has 3 aromatic rings. The summed E-state index contributed by atoms with van der Waals surface area (Å²) in [5.74, 6) is 0.357. The van der Waals surface area contributed by atoms with E-state index in [4.69, 9.17) is 0 Å². The number of fused-ring (bicyclic) bond motifs is 1. The summed E-state index contributed by atoms with van der Waals surface area (Å²) in [5, 5.41) is 3.92. The van der Waals surface area contributed by atoms with E-state index in [2.05, 4.69) is 30.2 Å². The maximum Gasteiger partial charge on any atom is 0.256 e. The van der Waals surface area contributed by atoms with Crippen molar-refractivity contribution in [1.82, 2.24) is 4.98 Å². The van der Waals surface area contributed by atoms with Crippen LogP contribution in [0.15, 0.2) is 54.7 Å². The van der Waals surface area contributed by atoms with E-state index in [1.54, 1.807) is 0 Å². The third kappa shape index (κ3) is 2.68. The van der Waals surface area contributed by atoms with Gasteiger partial charge in [-0.05, 0) is 41.8 Å². The van der Waals surface area contributed by atoms with Crippen LogP contribution < -0.4 is 5.32 Å². The Morgan fingerprint density at radius 1 is 1.10 bits per heavy atom. The smallest absolute Gasteiger partial charge is 0.256 e. The quantitative estimate of drug-likeness (QED) is 0.725. The minimum Gasteiger partial charge on any atom is -0.361 e. The summed E-state index contributed by atoms with van der Waals surface area (Å²) in [6.45, 7) is 4.28. The zero-order valence-corrected chi connectivity index (χ0v) is 12.2. The van der Waals surface area contributed by atoms with Gasteiger partial charge in [0.1, 0.15) is 0 Å². The van der Waals surface area contributed by atoms with Gasteiger partial charge in [-0.25, -0.2) is 0 Å². The largest absolute Gasteiger partial charge is 0.361 e. The first-order chi connectivity index (χ1) is 10.1. The molecule has 0 aliphatic rings. The first kappa shape index (κ1) is 13.4. The van der Waals surface area contributed by atoms with E-state index in [-0.39, 0.29) is 5.91 Å². The maximum atomic E-state index is 12.5. The fraction of sp³-hybridized carbons (Fsp3) is 0.167. The molecule has 0 aliphatic heterocycles.